The molecule has 1 amide bonds. The Morgan fingerprint density at radius 1 is 1.12 bits per heavy atom. The number of ether oxygens (including phenoxy) is 3. The van der Waals surface area contributed by atoms with Crippen LogP contribution < -0.4 is 14.2 Å². The average Bonchev–Trinajstić information content (AvgIpc) is 2.66. The highest BCUT2D eigenvalue weighted by atomic mass is 16.6. The molecular weight excluding hydrogens is 338 g/mol. The van der Waals surface area contributed by atoms with E-state index in [1.54, 1.807) is 36.2 Å². The van der Waals surface area contributed by atoms with Crippen LogP contribution in [0.2, 0.25) is 0 Å². The van der Waals surface area contributed by atoms with Gasteiger partial charge in [0, 0.05) is 19.2 Å². The van der Waals surface area contributed by atoms with Crippen molar-refractivity contribution in [3.8, 4) is 17.2 Å². The van der Waals surface area contributed by atoms with Crippen LogP contribution in [0.4, 0.5) is 0 Å². The molecule has 2 aromatic rings. The Hall–Kier alpha value is -3.22. The van der Waals surface area contributed by atoms with Crippen molar-refractivity contribution in [3.63, 3.8) is 0 Å². The zero-order chi connectivity index (χ0) is 18.7. The Bertz CT molecular complexity index is 813. The van der Waals surface area contributed by atoms with E-state index in [2.05, 4.69) is 0 Å². The van der Waals surface area contributed by atoms with Crippen molar-refractivity contribution in [2.45, 2.75) is 6.54 Å². The van der Waals surface area contributed by atoms with Crippen molar-refractivity contribution in [2.24, 2.45) is 0 Å². The van der Waals surface area contributed by atoms with Crippen molar-refractivity contribution >= 4 is 11.9 Å². The maximum atomic E-state index is 12.8. The number of aromatic carboxylic acids is 1. The standard InChI is InChI=1S/C19H19NO6/c1-20(11-12-3-5-13(6-4-12)19(22)23)18(21)14-9-15(24-2)17-16(10-14)25-7-8-26-17/h3-6,9-10H,7-8,11H2,1-2H3,(H,22,23). The van der Waals surface area contributed by atoms with Crippen LogP contribution in [0.25, 0.3) is 0 Å². The molecule has 0 aliphatic carbocycles. The fourth-order valence-corrected chi connectivity index (χ4v) is 2.72. The molecule has 0 aromatic heterocycles. The number of nitrogens with zero attached hydrogens (tertiary/aromatic N) is 1. The second kappa shape index (κ2) is 7.35. The highest BCUT2D eigenvalue weighted by Crippen LogP contribution is 2.40. The van der Waals surface area contributed by atoms with E-state index in [4.69, 9.17) is 19.3 Å². The summed E-state index contributed by atoms with van der Waals surface area (Å²) in [5.41, 5.74) is 1.46. The zero-order valence-electron chi connectivity index (χ0n) is 14.5. The van der Waals surface area contributed by atoms with E-state index in [-0.39, 0.29) is 11.5 Å². The summed E-state index contributed by atoms with van der Waals surface area (Å²) in [6.07, 6.45) is 0. The quantitative estimate of drug-likeness (QED) is 0.885. The maximum Gasteiger partial charge on any atom is 0.335 e. The minimum Gasteiger partial charge on any atom is -0.493 e. The summed E-state index contributed by atoms with van der Waals surface area (Å²) in [5.74, 6) is 0.247. The monoisotopic (exact) mass is 357 g/mol. The average molecular weight is 357 g/mol. The van der Waals surface area contributed by atoms with Gasteiger partial charge in [0.1, 0.15) is 13.2 Å². The normalized spacial score (nSPS) is 12.4. The molecular formula is C19H19NO6. The molecule has 0 bridgehead atoms. The zero-order valence-corrected chi connectivity index (χ0v) is 14.5. The molecule has 7 heteroatoms. The SMILES string of the molecule is COc1cc(C(=O)N(C)Cc2ccc(C(=O)O)cc2)cc2c1OCCO2. The van der Waals surface area contributed by atoms with E-state index in [1.165, 1.54) is 19.2 Å². The lowest BCUT2D eigenvalue weighted by atomic mass is 10.1. The molecule has 0 radical (unpaired) electrons. The van der Waals surface area contributed by atoms with Gasteiger partial charge in [-0.3, -0.25) is 4.79 Å². The van der Waals surface area contributed by atoms with Crippen LogP contribution in [0, 0.1) is 0 Å². The predicted octanol–water partition coefficient (Wildman–Crippen LogP) is 2.44. The molecule has 1 N–H and O–H groups in total. The number of carbonyl (C=O) groups is 2. The summed E-state index contributed by atoms with van der Waals surface area (Å²) in [4.78, 5) is 25.2. The van der Waals surface area contributed by atoms with Crippen molar-refractivity contribution in [3.05, 3.63) is 53.1 Å². The number of rotatable bonds is 5. The van der Waals surface area contributed by atoms with Crippen LogP contribution in [0.5, 0.6) is 17.2 Å². The van der Waals surface area contributed by atoms with E-state index >= 15 is 0 Å². The van der Waals surface area contributed by atoms with Crippen LogP contribution >= 0.6 is 0 Å². The number of hydrogen-bond acceptors (Lipinski definition) is 5. The summed E-state index contributed by atoms with van der Waals surface area (Å²) in [7, 11) is 3.19. The largest absolute Gasteiger partial charge is 0.493 e. The molecule has 7 nitrogen and oxygen atoms in total. The van der Waals surface area contributed by atoms with Crippen LogP contribution in [-0.4, -0.2) is 49.3 Å². The first-order valence-corrected chi connectivity index (χ1v) is 8.05. The summed E-state index contributed by atoms with van der Waals surface area (Å²) in [6, 6.07) is 9.69. The fraction of sp³-hybridized carbons (Fsp3) is 0.263. The van der Waals surface area contributed by atoms with Crippen LogP contribution in [0.15, 0.2) is 36.4 Å². The Labute approximate surface area is 150 Å². The number of carbonyl (C=O) groups excluding carboxylic acids is 1. The van der Waals surface area contributed by atoms with E-state index in [0.717, 1.165) is 5.56 Å². The molecule has 0 unspecified atom stereocenters. The van der Waals surface area contributed by atoms with Crippen LogP contribution in [-0.2, 0) is 6.54 Å². The molecule has 0 spiro atoms. The van der Waals surface area contributed by atoms with Gasteiger partial charge < -0.3 is 24.2 Å². The first-order valence-electron chi connectivity index (χ1n) is 8.05. The predicted molar refractivity (Wildman–Crippen MR) is 93.2 cm³/mol. The Balaban J connectivity index is 1.78. The van der Waals surface area contributed by atoms with Gasteiger partial charge in [0.25, 0.3) is 5.91 Å². The third-order valence-corrected chi connectivity index (χ3v) is 4.04. The lowest BCUT2D eigenvalue weighted by Gasteiger charge is -2.23. The second-order valence-corrected chi connectivity index (χ2v) is 5.87. The van der Waals surface area contributed by atoms with Gasteiger partial charge in [-0.1, -0.05) is 12.1 Å². The van der Waals surface area contributed by atoms with E-state index < -0.39 is 5.97 Å². The smallest absolute Gasteiger partial charge is 0.335 e. The number of benzene rings is 2. The number of carboxylic acid groups (broad SMARTS) is 1. The van der Waals surface area contributed by atoms with Gasteiger partial charge in [0.15, 0.2) is 11.5 Å². The molecule has 26 heavy (non-hydrogen) atoms. The molecule has 0 saturated carbocycles. The lowest BCUT2D eigenvalue weighted by Crippen LogP contribution is -2.26. The Morgan fingerprint density at radius 3 is 2.46 bits per heavy atom. The van der Waals surface area contributed by atoms with E-state index in [1.807, 2.05) is 0 Å². The van der Waals surface area contributed by atoms with Crippen molar-refractivity contribution in [1.82, 2.24) is 4.90 Å². The van der Waals surface area contributed by atoms with Gasteiger partial charge in [-0.25, -0.2) is 4.79 Å². The maximum absolute atomic E-state index is 12.8. The van der Waals surface area contributed by atoms with E-state index in [9.17, 15) is 9.59 Å². The lowest BCUT2D eigenvalue weighted by molar-refractivity contribution is 0.0695. The fourth-order valence-electron chi connectivity index (χ4n) is 2.72. The molecule has 1 aliphatic heterocycles. The van der Waals surface area contributed by atoms with Gasteiger partial charge in [0.05, 0.1) is 12.7 Å². The van der Waals surface area contributed by atoms with Crippen LogP contribution in [0.3, 0.4) is 0 Å². The van der Waals surface area contributed by atoms with E-state index in [0.29, 0.717) is 42.6 Å². The molecule has 0 saturated heterocycles. The van der Waals surface area contributed by atoms with Crippen molar-refractivity contribution in [2.75, 3.05) is 27.4 Å². The number of hydrogen-bond donors (Lipinski definition) is 1. The minimum absolute atomic E-state index is 0.206. The molecule has 1 aliphatic rings. The second-order valence-electron chi connectivity index (χ2n) is 5.87. The van der Waals surface area contributed by atoms with Gasteiger partial charge in [-0.2, -0.15) is 0 Å². The number of methoxy groups -OCH3 is 1. The molecule has 2 aromatic carbocycles. The number of fused-ring (bicyclic) bond motifs is 1. The third-order valence-electron chi connectivity index (χ3n) is 4.04. The Kier molecular flexibility index (Phi) is 4.97. The number of amides is 1. The van der Waals surface area contributed by atoms with Crippen molar-refractivity contribution < 1.29 is 28.9 Å². The van der Waals surface area contributed by atoms with Gasteiger partial charge in [-0.05, 0) is 29.8 Å². The van der Waals surface area contributed by atoms with Gasteiger partial charge in [-0.15, -0.1) is 0 Å². The highest BCUT2D eigenvalue weighted by molar-refractivity contribution is 5.95. The first kappa shape index (κ1) is 17.6. The molecule has 3 rings (SSSR count). The van der Waals surface area contributed by atoms with Gasteiger partial charge in [0.2, 0.25) is 5.75 Å². The third kappa shape index (κ3) is 3.56. The summed E-state index contributed by atoms with van der Waals surface area (Å²) >= 11 is 0. The minimum atomic E-state index is -0.982. The molecule has 136 valence electrons. The molecule has 0 atom stereocenters. The van der Waals surface area contributed by atoms with Crippen molar-refractivity contribution in [1.29, 1.82) is 0 Å². The van der Waals surface area contributed by atoms with Crippen LogP contribution in [0.1, 0.15) is 26.3 Å². The summed E-state index contributed by atoms with van der Waals surface area (Å²) < 4.78 is 16.4. The van der Waals surface area contributed by atoms with Gasteiger partial charge >= 0.3 is 5.97 Å². The summed E-state index contributed by atoms with van der Waals surface area (Å²) in [6.45, 7) is 1.19. The molecule has 1 heterocycles. The highest BCUT2D eigenvalue weighted by Gasteiger charge is 2.22. The first-order chi connectivity index (χ1) is 12.5. The Morgan fingerprint density at radius 2 is 1.81 bits per heavy atom. The molecule has 0 fully saturated rings. The topological polar surface area (TPSA) is 85.3 Å². The number of carboxylic acids is 1. The summed E-state index contributed by atoms with van der Waals surface area (Å²) in [5, 5.41) is 8.94.